The van der Waals surface area contributed by atoms with Crippen molar-refractivity contribution >= 4 is 5.91 Å². The average molecular weight is 249 g/mol. The van der Waals surface area contributed by atoms with Gasteiger partial charge in [-0.25, -0.2) is 0 Å². The molecule has 0 aliphatic carbocycles. The largest absolute Gasteiger partial charge is 0.508 e. The first-order valence-electron chi connectivity index (χ1n) is 6.16. The van der Waals surface area contributed by atoms with E-state index in [0.29, 0.717) is 26.1 Å². The van der Waals surface area contributed by atoms with Crippen molar-refractivity contribution in [2.75, 3.05) is 19.7 Å². The summed E-state index contributed by atoms with van der Waals surface area (Å²) in [6.45, 7) is 5.81. The molecule has 0 radical (unpaired) electrons. The molecule has 1 aromatic carbocycles. The van der Waals surface area contributed by atoms with Gasteiger partial charge in [0.25, 0.3) is 0 Å². The maximum atomic E-state index is 12.2. The first-order valence-corrected chi connectivity index (χ1v) is 6.16. The number of hydrogen-bond donors (Lipinski definition) is 1. The Bertz CT molecular complexity index is 442. The molecule has 1 saturated heterocycles. The van der Waals surface area contributed by atoms with E-state index in [2.05, 4.69) is 0 Å². The van der Waals surface area contributed by atoms with Crippen LogP contribution >= 0.6 is 0 Å². The van der Waals surface area contributed by atoms with Gasteiger partial charge in [-0.3, -0.25) is 4.79 Å². The molecule has 1 amide bonds. The first-order chi connectivity index (χ1) is 8.46. The molecule has 4 heteroatoms. The normalized spacial score (nSPS) is 18.7. The molecule has 18 heavy (non-hydrogen) atoms. The van der Waals surface area contributed by atoms with Crippen LogP contribution in [0.3, 0.4) is 0 Å². The molecule has 0 saturated carbocycles. The lowest BCUT2D eigenvalue weighted by molar-refractivity contribution is -0.145. The number of benzene rings is 1. The van der Waals surface area contributed by atoms with Crippen LogP contribution in [0.4, 0.5) is 0 Å². The van der Waals surface area contributed by atoms with Crippen LogP contribution in [0.15, 0.2) is 24.3 Å². The predicted octanol–water partition coefficient (Wildman–Crippen LogP) is 1.57. The average Bonchev–Trinajstić information content (AvgIpc) is 2.27. The fourth-order valence-corrected chi connectivity index (χ4v) is 2.18. The highest BCUT2D eigenvalue weighted by molar-refractivity contribution is 5.79. The lowest BCUT2D eigenvalue weighted by atomic mass is 10.1. The summed E-state index contributed by atoms with van der Waals surface area (Å²) in [5.74, 6) is 0.277. The van der Waals surface area contributed by atoms with Gasteiger partial charge in [0.05, 0.1) is 18.6 Å². The number of nitrogens with zero attached hydrogens (tertiary/aromatic N) is 1. The van der Waals surface area contributed by atoms with Crippen molar-refractivity contribution in [1.82, 2.24) is 4.90 Å². The highest BCUT2D eigenvalue weighted by atomic mass is 16.5. The van der Waals surface area contributed by atoms with Gasteiger partial charge in [0.2, 0.25) is 5.91 Å². The molecule has 0 spiro atoms. The summed E-state index contributed by atoms with van der Waals surface area (Å²) in [5.41, 5.74) is 0.566. The molecule has 1 fully saturated rings. The molecule has 0 bridgehead atoms. The summed E-state index contributed by atoms with van der Waals surface area (Å²) in [6.07, 6.45) is 0.324. The predicted molar refractivity (Wildman–Crippen MR) is 68.4 cm³/mol. The van der Waals surface area contributed by atoms with E-state index in [1.165, 1.54) is 0 Å². The minimum atomic E-state index is -0.271. The van der Waals surface area contributed by atoms with Crippen molar-refractivity contribution in [2.45, 2.75) is 25.9 Å². The molecule has 1 aromatic rings. The van der Waals surface area contributed by atoms with Crippen molar-refractivity contribution in [2.24, 2.45) is 0 Å². The number of ether oxygens (including phenoxy) is 1. The molecule has 1 aliphatic rings. The number of hydrogen-bond acceptors (Lipinski definition) is 3. The zero-order valence-corrected chi connectivity index (χ0v) is 10.8. The van der Waals surface area contributed by atoms with Gasteiger partial charge < -0.3 is 14.7 Å². The third-order valence-electron chi connectivity index (χ3n) is 3.04. The second kappa shape index (κ2) is 4.98. The summed E-state index contributed by atoms with van der Waals surface area (Å²) in [7, 11) is 0. The minimum absolute atomic E-state index is 0.0805. The van der Waals surface area contributed by atoms with E-state index in [4.69, 9.17) is 4.74 Å². The Morgan fingerprint density at radius 2 is 2.28 bits per heavy atom. The van der Waals surface area contributed by atoms with Crippen LogP contribution in [-0.4, -0.2) is 41.2 Å². The fraction of sp³-hybridized carbons (Fsp3) is 0.500. The topological polar surface area (TPSA) is 49.8 Å². The van der Waals surface area contributed by atoms with Gasteiger partial charge in [0, 0.05) is 13.1 Å². The molecule has 1 aliphatic heterocycles. The van der Waals surface area contributed by atoms with Crippen LogP contribution in [0.5, 0.6) is 5.75 Å². The zero-order chi connectivity index (χ0) is 13.2. The third-order valence-corrected chi connectivity index (χ3v) is 3.04. The summed E-state index contributed by atoms with van der Waals surface area (Å²) < 4.78 is 5.58. The maximum Gasteiger partial charge on any atom is 0.227 e. The molecule has 98 valence electrons. The van der Waals surface area contributed by atoms with Crippen LogP contribution in [0.25, 0.3) is 0 Å². The number of phenolic OH excluding ortho intramolecular Hbond substituents is 1. The number of carbonyl (C=O) groups is 1. The highest BCUT2D eigenvalue weighted by Gasteiger charge is 2.29. The Hall–Kier alpha value is -1.55. The van der Waals surface area contributed by atoms with Crippen molar-refractivity contribution < 1.29 is 14.6 Å². The SMILES string of the molecule is CC1(C)CN(C(=O)Cc2cccc(O)c2)CCO1. The van der Waals surface area contributed by atoms with E-state index in [-0.39, 0.29) is 17.3 Å². The quantitative estimate of drug-likeness (QED) is 0.865. The van der Waals surface area contributed by atoms with Gasteiger partial charge in [0.15, 0.2) is 0 Å². The lowest BCUT2D eigenvalue weighted by Crippen LogP contribution is -2.51. The van der Waals surface area contributed by atoms with Crippen LogP contribution in [0.2, 0.25) is 0 Å². The van der Waals surface area contributed by atoms with Gasteiger partial charge in [0.1, 0.15) is 5.75 Å². The van der Waals surface area contributed by atoms with E-state index >= 15 is 0 Å². The monoisotopic (exact) mass is 249 g/mol. The molecule has 0 unspecified atom stereocenters. The zero-order valence-electron chi connectivity index (χ0n) is 10.8. The summed E-state index contributed by atoms with van der Waals surface area (Å²) in [6, 6.07) is 6.83. The summed E-state index contributed by atoms with van der Waals surface area (Å²) >= 11 is 0. The Balaban J connectivity index is 2.00. The first kappa shape index (κ1) is 12.9. The lowest BCUT2D eigenvalue weighted by Gasteiger charge is -2.38. The van der Waals surface area contributed by atoms with Crippen molar-refractivity contribution in [1.29, 1.82) is 0 Å². The minimum Gasteiger partial charge on any atom is -0.508 e. The molecule has 4 nitrogen and oxygen atoms in total. The van der Waals surface area contributed by atoms with Crippen LogP contribution in [0.1, 0.15) is 19.4 Å². The number of aromatic hydroxyl groups is 1. The smallest absolute Gasteiger partial charge is 0.227 e. The third kappa shape index (κ3) is 3.23. The number of carbonyl (C=O) groups excluding carboxylic acids is 1. The van der Waals surface area contributed by atoms with Gasteiger partial charge in [-0.2, -0.15) is 0 Å². The number of morpholine rings is 1. The number of rotatable bonds is 2. The van der Waals surface area contributed by atoms with E-state index in [1.54, 1.807) is 18.2 Å². The van der Waals surface area contributed by atoms with Crippen molar-refractivity contribution in [3.05, 3.63) is 29.8 Å². The molecular weight excluding hydrogens is 230 g/mol. The van der Waals surface area contributed by atoms with Crippen molar-refractivity contribution in [3.63, 3.8) is 0 Å². The Kier molecular flexibility index (Phi) is 3.57. The molecule has 1 N–H and O–H groups in total. The van der Waals surface area contributed by atoms with Crippen LogP contribution < -0.4 is 0 Å². The number of phenols is 1. The van der Waals surface area contributed by atoms with Crippen molar-refractivity contribution in [3.8, 4) is 5.75 Å². The maximum absolute atomic E-state index is 12.2. The molecule has 2 rings (SSSR count). The van der Waals surface area contributed by atoms with Gasteiger partial charge in [-0.15, -0.1) is 0 Å². The standard InChI is InChI=1S/C14H19NO3/c1-14(2)10-15(6-7-18-14)13(17)9-11-4-3-5-12(16)8-11/h3-5,8,16H,6-7,9-10H2,1-2H3. The fourth-order valence-electron chi connectivity index (χ4n) is 2.18. The highest BCUT2D eigenvalue weighted by Crippen LogP contribution is 2.18. The van der Waals surface area contributed by atoms with E-state index < -0.39 is 0 Å². The van der Waals surface area contributed by atoms with Gasteiger partial charge in [-0.05, 0) is 31.5 Å². The van der Waals surface area contributed by atoms with Gasteiger partial charge >= 0.3 is 0 Å². The second-order valence-corrected chi connectivity index (χ2v) is 5.27. The second-order valence-electron chi connectivity index (χ2n) is 5.27. The van der Waals surface area contributed by atoms with Crippen LogP contribution in [0, 0.1) is 0 Å². The van der Waals surface area contributed by atoms with Gasteiger partial charge in [-0.1, -0.05) is 12.1 Å². The van der Waals surface area contributed by atoms with E-state index in [0.717, 1.165) is 5.56 Å². The molecule has 0 aromatic heterocycles. The molecule has 0 atom stereocenters. The molecular formula is C14H19NO3. The number of amides is 1. The molecule has 1 heterocycles. The van der Waals surface area contributed by atoms with Crippen LogP contribution in [-0.2, 0) is 16.0 Å². The summed E-state index contributed by atoms with van der Waals surface area (Å²) in [4.78, 5) is 14.0. The van der Waals surface area contributed by atoms with E-state index in [9.17, 15) is 9.90 Å². The Morgan fingerprint density at radius 3 is 2.94 bits per heavy atom. The van der Waals surface area contributed by atoms with E-state index in [1.807, 2.05) is 24.8 Å². The summed E-state index contributed by atoms with van der Waals surface area (Å²) in [5, 5.41) is 9.37. The Labute approximate surface area is 107 Å². The Morgan fingerprint density at radius 1 is 1.50 bits per heavy atom.